The maximum Gasteiger partial charge on any atom is 0.416 e. The average Bonchev–Trinajstić information content (AvgIpc) is 2.68. The van der Waals surface area contributed by atoms with Gasteiger partial charge in [0.25, 0.3) is 5.91 Å². The average molecular weight is 422 g/mol. The molecule has 0 aliphatic heterocycles. The highest BCUT2D eigenvalue weighted by molar-refractivity contribution is 6.07. The number of rotatable bonds is 4. The van der Waals surface area contributed by atoms with E-state index in [4.69, 9.17) is 5.73 Å². The molecule has 0 unspecified atom stereocenters. The summed E-state index contributed by atoms with van der Waals surface area (Å²) in [5.41, 5.74) is 4.69. The number of aromatic nitrogens is 2. The van der Waals surface area contributed by atoms with Gasteiger partial charge in [-0.1, -0.05) is 25.3 Å². The summed E-state index contributed by atoms with van der Waals surface area (Å²) < 4.78 is 38.4. The molecule has 11 heteroatoms. The number of nitrogens with zero attached hydrogens (tertiary/aromatic N) is 2. The predicted octanol–water partition coefficient (Wildman–Crippen LogP) is 3.78. The molecule has 3 rings (SSSR count). The van der Waals surface area contributed by atoms with Crippen LogP contribution in [-0.2, 0) is 6.18 Å². The summed E-state index contributed by atoms with van der Waals surface area (Å²) in [6.07, 6.45) is 1.66. The molecule has 30 heavy (non-hydrogen) atoms. The van der Waals surface area contributed by atoms with E-state index in [1.54, 1.807) is 0 Å². The van der Waals surface area contributed by atoms with E-state index in [2.05, 4.69) is 25.9 Å². The normalized spacial score (nSPS) is 14.8. The van der Waals surface area contributed by atoms with Crippen molar-refractivity contribution in [2.24, 2.45) is 0 Å². The first-order valence-corrected chi connectivity index (χ1v) is 9.41. The Morgan fingerprint density at radius 3 is 2.50 bits per heavy atom. The number of nitrogens with one attached hydrogen (secondary N) is 3. The number of hydrogen-bond donors (Lipinski definition) is 4. The minimum atomic E-state index is -4.53. The Bertz CT molecular complexity index is 929. The number of nitrogen functional groups attached to an aromatic ring is 1. The van der Waals surface area contributed by atoms with Crippen LogP contribution >= 0.6 is 0 Å². The van der Waals surface area contributed by atoms with Crippen LogP contribution in [0.25, 0.3) is 0 Å². The fourth-order valence-corrected chi connectivity index (χ4v) is 3.17. The third-order valence-corrected chi connectivity index (χ3v) is 4.68. The summed E-state index contributed by atoms with van der Waals surface area (Å²) in [5, 5.41) is 7.62. The number of urea groups is 1. The minimum Gasteiger partial charge on any atom is -0.383 e. The van der Waals surface area contributed by atoms with Gasteiger partial charge in [0.1, 0.15) is 11.4 Å². The van der Waals surface area contributed by atoms with E-state index < -0.39 is 23.7 Å². The Morgan fingerprint density at radius 1 is 1.10 bits per heavy atom. The fourth-order valence-electron chi connectivity index (χ4n) is 3.17. The van der Waals surface area contributed by atoms with E-state index in [0.717, 1.165) is 50.4 Å². The standard InChI is InChI=1S/C19H21F3N6O2/c20-19(21,22)11-5-4-8-13(9-11)25-16(29)14-10-24-17(27-15(14)23)28-18(30)26-12-6-2-1-3-7-12/h4-5,8-10,12H,1-3,6-7H2,(H,25,29)(H4,23,24,26,27,28,30). The highest BCUT2D eigenvalue weighted by atomic mass is 19.4. The number of carbonyl (C=O) groups excluding carboxylic acids is 2. The smallest absolute Gasteiger partial charge is 0.383 e. The van der Waals surface area contributed by atoms with E-state index in [1.165, 1.54) is 12.1 Å². The molecule has 1 saturated carbocycles. The van der Waals surface area contributed by atoms with Gasteiger partial charge in [-0.2, -0.15) is 18.2 Å². The third-order valence-electron chi connectivity index (χ3n) is 4.68. The van der Waals surface area contributed by atoms with E-state index in [9.17, 15) is 22.8 Å². The lowest BCUT2D eigenvalue weighted by Gasteiger charge is -2.22. The van der Waals surface area contributed by atoms with Crippen molar-refractivity contribution in [3.05, 3.63) is 41.6 Å². The van der Waals surface area contributed by atoms with Crippen molar-refractivity contribution < 1.29 is 22.8 Å². The van der Waals surface area contributed by atoms with Gasteiger partial charge < -0.3 is 16.4 Å². The molecule has 0 saturated heterocycles. The molecule has 5 N–H and O–H groups in total. The molecule has 0 spiro atoms. The lowest BCUT2D eigenvalue weighted by atomic mass is 9.96. The number of benzene rings is 1. The van der Waals surface area contributed by atoms with E-state index in [0.29, 0.717) is 0 Å². The lowest BCUT2D eigenvalue weighted by molar-refractivity contribution is -0.137. The van der Waals surface area contributed by atoms with E-state index in [1.807, 2.05) is 0 Å². The van der Waals surface area contributed by atoms with Gasteiger partial charge in [-0.3, -0.25) is 10.1 Å². The first-order chi connectivity index (χ1) is 14.2. The molecule has 3 amide bonds. The summed E-state index contributed by atoms with van der Waals surface area (Å²) in [5.74, 6) is -1.08. The maximum atomic E-state index is 12.8. The van der Waals surface area contributed by atoms with Crippen LogP contribution in [0.5, 0.6) is 0 Å². The Hall–Kier alpha value is -3.37. The van der Waals surface area contributed by atoms with Crippen LogP contribution in [0.1, 0.15) is 48.0 Å². The third kappa shape index (κ3) is 5.58. The van der Waals surface area contributed by atoms with Crippen molar-refractivity contribution in [2.75, 3.05) is 16.4 Å². The van der Waals surface area contributed by atoms with Crippen LogP contribution in [0.3, 0.4) is 0 Å². The second-order valence-corrected chi connectivity index (χ2v) is 6.96. The Kier molecular flexibility index (Phi) is 6.38. The van der Waals surface area contributed by atoms with Gasteiger partial charge in [-0.05, 0) is 31.0 Å². The molecule has 1 fully saturated rings. The van der Waals surface area contributed by atoms with Crippen molar-refractivity contribution in [2.45, 2.75) is 44.3 Å². The van der Waals surface area contributed by atoms with E-state index >= 15 is 0 Å². The van der Waals surface area contributed by atoms with Gasteiger partial charge in [0.05, 0.1) is 5.56 Å². The second kappa shape index (κ2) is 8.97. The molecule has 1 aromatic carbocycles. The van der Waals surface area contributed by atoms with Crippen LogP contribution in [-0.4, -0.2) is 27.9 Å². The van der Waals surface area contributed by atoms with Gasteiger partial charge in [0.15, 0.2) is 0 Å². The van der Waals surface area contributed by atoms with Gasteiger partial charge in [-0.15, -0.1) is 0 Å². The fraction of sp³-hybridized carbons (Fsp3) is 0.368. The van der Waals surface area contributed by atoms with Crippen LogP contribution in [0.4, 0.5) is 35.4 Å². The molecular weight excluding hydrogens is 401 g/mol. The molecule has 0 atom stereocenters. The molecular formula is C19H21F3N6O2. The minimum absolute atomic E-state index is 0.0525. The Morgan fingerprint density at radius 2 is 1.83 bits per heavy atom. The Balaban J connectivity index is 1.63. The predicted molar refractivity (Wildman–Crippen MR) is 105 cm³/mol. The number of anilines is 3. The highest BCUT2D eigenvalue weighted by Crippen LogP contribution is 2.30. The molecule has 1 aromatic heterocycles. The summed E-state index contributed by atoms with van der Waals surface area (Å²) in [6.45, 7) is 0. The quantitative estimate of drug-likeness (QED) is 0.597. The van der Waals surface area contributed by atoms with Crippen LogP contribution < -0.4 is 21.7 Å². The van der Waals surface area contributed by atoms with Gasteiger partial charge >= 0.3 is 12.2 Å². The number of alkyl halides is 3. The first-order valence-electron chi connectivity index (χ1n) is 9.41. The molecule has 1 aliphatic carbocycles. The molecule has 1 heterocycles. The number of amides is 3. The zero-order chi connectivity index (χ0) is 21.7. The van der Waals surface area contributed by atoms with Gasteiger partial charge in [0.2, 0.25) is 5.95 Å². The summed E-state index contributed by atoms with van der Waals surface area (Å²) in [4.78, 5) is 32.2. The molecule has 8 nitrogen and oxygen atoms in total. The highest BCUT2D eigenvalue weighted by Gasteiger charge is 2.30. The molecule has 0 radical (unpaired) electrons. The van der Waals surface area contributed by atoms with Gasteiger partial charge in [-0.25, -0.2) is 9.78 Å². The maximum absolute atomic E-state index is 12.8. The van der Waals surface area contributed by atoms with Crippen LogP contribution in [0.15, 0.2) is 30.5 Å². The van der Waals surface area contributed by atoms with Crippen molar-refractivity contribution in [3.63, 3.8) is 0 Å². The van der Waals surface area contributed by atoms with Crippen molar-refractivity contribution in [1.82, 2.24) is 15.3 Å². The second-order valence-electron chi connectivity index (χ2n) is 6.96. The first kappa shape index (κ1) is 21.3. The van der Waals surface area contributed by atoms with Crippen LogP contribution in [0.2, 0.25) is 0 Å². The molecule has 0 bridgehead atoms. The SMILES string of the molecule is Nc1nc(NC(=O)NC2CCCCC2)ncc1C(=O)Nc1cccc(C(F)(F)F)c1. The summed E-state index contributed by atoms with van der Waals surface area (Å²) in [6, 6.07) is 3.81. The van der Waals surface area contributed by atoms with Crippen LogP contribution in [0, 0.1) is 0 Å². The Labute approximate surface area is 170 Å². The van der Waals surface area contributed by atoms with Gasteiger partial charge in [0, 0.05) is 17.9 Å². The molecule has 160 valence electrons. The summed E-state index contributed by atoms with van der Waals surface area (Å²) in [7, 11) is 0. The number of hydrogen-bond acceptors (Lipinski definition) is 5. The topological polar surface area (TPSA) is 122 Å². The number of halogens is 3. The molecule has 1 aliphatic rings. The monoisotopic (exact) mass is 422 g/mol. The number of nitrogens with two attached hydrogens (primary N) is 1. The number of carbonyl (C=O) groups is 2. The molecule has 2 aromatic rings. The van der Waals surface area contributed by atoms with Crippen molar-refractivity contribution in [1.29, 1.82) is 0 Å². The lowest BCUT2D eigenvalue weighted by Crippen LogP contribution is -2.39. The zero-order valence-corrected chi connectivity index (χ0v) is 15.9. The van der Waals surface area contributed by atoms with Crippen molar-refractivity contribution in [3.8, 4) is 0 Å². The largest absolute Gasteiger partial charge is 0.416 e. The zero-order valence-electron chi connectivity index (χ0n) is 15.9. The summed E-state index contributed by atoms with van der Waals surface area (Å²) >= 11 is 0. The van der Waals surface area contributed by atoms with Crippen molar-refractivity contribution >= 4 is 29.4 Å². The van der Waals surface area contributed by atoms with E-state index in [-0.39, 0.29) is 29.1 Å².